The van der Waals surface area contributed by atoms with E-state index in [0.29, 0.717) is 5.92 Å². The highest BCUT2D eigenvalue weighted by molar-refractivity contribution is 5.30. The van der Waals surface area contributed by atoms with Crippen LogP contribution in [0.5, 0.6) is 5.75 Å². The summed E-state index contributed by atoms with van der Waals surface area (Å²) in [5, 5.41) is 12.6. The molecule has 2 atom stereocenters. The summed E-state index contributed by atoms with van der Waals surface area (Å²) in [7, 11) is 1.44. The summed E-state index contributed by atoms with van der Waals surface area (Å²) >= 11 is 0. The summed E-state index contributed by atoms with van der Waals surface area (Å²) in [6, 6.07) is 4.89. The largest absolute Gasteiger partial charge is 0.494 e. The van der Waals surface area contributed by atoms with Gasteiger partial charge in [0.2, 0.25) is 0 Å². The molecule has 0 saturated carbocycles. The van der Waals surface area contributed by atoms with E-state index in [1.807, 2.05) is 26.8 Å². The first-order valence-corrected chi connectivity index (χ1v) is 6.20. The molecule has 1 aromatic carbocycles. The van der Waals surface area contributed by atoms with Gasteiger partial charge in [-0.2, -0.15) is 0 Å². The predicted molar refractivity (Wildman–Crippen MR) is 70.2 cm³/mol. The maximum absolute atomic E-state index is 13.6. The molecule has 1 unspecified atom stereocenters. The first-order chi connectivity index (χ1) is 8.49. The molecule has 0 aliphatic rings. The standard InChI is InChI=1S/C14H22FNO2/c1-9(2)13(8-17)16-10(3)11-5-6-14(18-4)12(15)7-11/h5-7,9-10,13,16-17H,8H2,1-4H3/t10?,13-/m1/s1. The van der Waals surface area contributed by atoms with E-state index in [2.05, 4.69) is 5.32 Å². The van der Waals surface area contributed by atoms with Crippen molar-refractivity contribution in [2.24, 2.45) is 5.92 Å². The van der Waals surface area contributed by atoms with Crippen LogP contribution in [0.15, 0.2) is 18.2 Å². The lowest BCUT2D eigenvalue weighted by Crippen LogP contribution is -2.38. The zero-order valence-electron chi connectivity index (χ0n) is 11.4. The Bertz CT molecular complexity index is 382. The summed E-state index contributed by atoms with van der Waals surface area (Å²) in [5.74, 6) is 0.197. The smallest absolute Gasteiger partial charge is 0.165 e. The van der Waals surface area contributed by atoms with Crippen LogP contribution in [0.4, 0.5) is 4.39 Å². The van der Waals surface area contributed by atoms with Gasteiger partial charge in [0.1, 0.15) is 0 Å². The fraction of sp³-hybridized carbons (Fsp3) is 0.571. The Kier molecular flexibility index (Phi) is 5.56. The zero-order chi connectivity index (χ0) is 13.7. The maximum atomic E-state index is 13.6. The molecular weight excluding hydrogens is 233 g/mol. The van der Waals surface area contributed by atoms with Crippen LogP contribution in [0, 0.1) is 11.7 Å². The van der Waals surface area contributed by atoms with Gasteiger partial charge in [0.05, 0.1) is 13.7 Å². The van der Waals surface area contributed by atoms with Gasteiger partial charge in [-0.15, -0.1) is 0 Å². The molecule has 0 radical (unpaired) electrons. The molecule has 2 N–H and O–H groups in total. The normalized spacial score (nSPS) is 14.6. The van der Waals surface area contributed by atoms with Crippen molar-refractivity contribution in [1.29, 1.82) is 0 Å². The lowest BCUT2D eigenvalue weighted by molar-refractivity contribution is 0.201. The molecule has 1 rings (SSSR count). The third kappa shape index (κ3) is 3.68. The van der Waals surface area contributed by atoms with E-state index >= 15 is 0 Å². The van der Waals surface area contributed by atoms with Crippen LogP contribution in [-0.2, 0) is 0 Å². The average molecular weight is 255 g/mol. The van der Waals surface area contributed by atoms with Crippen molar-refractivity contribution in [2.45, 2.75) is 32.9 Å². The SMILES string of the molecule is COc1ccc(C(C)N[C@H](CO)C(C)C)cc1F. The van der Waals surface area contributed by atoms with E-state index in [1.165, 1.54) is 13.2 Å². The summed E-state index contributed by atoms with van der Waals surface area (Å²) in [6.07, 6.45) is 0. The fourth-order valence-corrected chi connectivity index (χ4v) is 1.83. The van der Waals surface area contributed by atoms with Crippen molar-refractivity contribution < 1.29 is 14.2 Å². The molecule has 0 aromatic heterocycles. The highest BCUT2D eigenvalue weighted by Crippen LogP contribution is 2.22. The van der Waals surface area contributed by atoms with Gasteiger partial charge in [-0.25, -0.2) is 4.39 Å². The third-order valence-corrected chi connectivity index (χ3v) is 3.14. The van der Waals surface area contributed by atoms with Gasteiger partial charge in [-0.1, -0.05) is 19.9 Å². The molecule has 0 fully saturated rings. The number of aliphatic hydroxyl groups is 1. The number of halogens is 1. The molecule has 0 spiro atoms. The van der Waals surface area contributed by atoms with Crippen molar-refractivity contribution in [1.82, 2.24) is 5.32 Å². The highest BCUT2D eigenvalue weighted by Gasteiger charge is 2.16. The van der Waals surface area contributed by atoms with Crippen molar-refractivity contribution >= 4 is 0 Å². The molecule has 0 heterocycles. The predicted octanol–water partition coefficient (Wildman–Crippen LogP) is 2.50. The zero-order valence-corrected chi connectivity index (χ0v) is 11.4. The van der Waals surface area contributed by atoms with Crippen LogP contribution in [0.1, 0.15) is 32.4 Å². The molecule has 18 heavy (non-hydrogen) atoms. The van der Waals surface area contributed by atoms with Gasteiger partial charge in [0, 0.05) is 12.1 Å². The van der Waals surface area contributed by atoms with Gasteiger partial charge in [-0.05, 0) is 30.5 Å². The Morgan fingerprint density at radius 1 is 1.33 bits per heavy atom. The first-order valence-electron chi connectivity index (χ1n) is 6.20. The summed E-state index contributed by atoms with van der Waals surface area (Å²) in [5.41, 5.74) is 0.840. The van der Waals surface area contributed by atoms with E-state index < -0.39 is 0 Å². The Labute approximate surface area is 108 Å². The Hall–Kier alpha value is -1.13. The quantitative estimate of drug-likeness (QED) is 0.820. The number of ether oxygens (including phenoxy) is 1. The third-order valence-electron chi connectivity index (χ3n) is 3.14. The number of aliphatic hydroxyl groups excluding tert-OH is 1. The molecule has 0 saturated heterocycles. The van der Waals surface area contributed by atoms with E-state index in [1.54, 1.807) is 6.07 Å². The number of benzene rings is 1. The number of hydrogen-bond donors (Lipinski definition) is 2. The minimum Gasteiger partial charge on any atom is -0.494 e. The molecule has 0 amide bonds. The Morgan fingerprint density at radius 3 is 2.44 bits per heavy atom. The lowest BCUT2D eigenvalue weighted by atomic mass is 10.0. The van der Waals surface area contributed by atoms with Crippen LogP contribution < -0.4 is 10.1 Å². The number of hydrogen-bond acceptors (Lipinski definition) is 3. The van der Waals surface area contributed by atoms with E-state index in [0.717, 1.165) is 5.56 Å². The molecule has 3 nitrogen and oxygen atoms in total. The topological polar surface area (TPSA) is 41.5 Å². The summed E-state index contributed by atoms with van der Waals surface area (Å²) in [6.45, 7) is 6.09. The lowest BCUT2D eigenvalue weighted by Gasteiger charge is -2.25. The van der Waals surface area contributed by atoms with Gasteiger partial charge in [0.25, 0.3) is 0 Å². The Balaban J connectivity index is 2.77. The molecule has 4 heteroatoms. The first kappa shape index (κ1) is 14.9. The molecule has 0 aliphatic carbocycles. The molecule has 102 valence electrons. The Morgan fingerprint density at radius 2 is 2.00 bits per heavy atom. The maximum Gasteiger partial charge on any atom is 0.165 e. The minimum atomic E-state index is -0.367. The second-order valence-electron chi connectivity index (χ2n) is 4.82. The summed E-state index contributed by atoms with van der Waals surface area (Å²) < 4.78 is 18.5. The second kappa shape index (κ2) is 6.71. The molecule has 0 bridgehead atoms. The van der Waals surface area contributed by atoms with Crippen LogP contribution >= 0.6 is 0 Å². The van der Waals surface area contributed by atoms with E-state index in [4.69, 9.17) is 4.74 Å². The fourth-order valence-electron chi connectivity index (χ4n) is 1.83. The van der Waals surface area contributed by atoms with Gasteiger partial charge < -0.3 is 15.2 Å². The number of nitrogens with one attached hydrogen (secondary N) is 1. The van der Waals surface area contributed by atoms with E-state index in [9.17, 15) is 9.50 Å². The van der Waals surface area contributed by atoms with Crippen LogP contribution in [0.25, 0.3) is 0 Å². The molecule has 1 aromatic rings. The van der Waals surface area contributed by atoms with Crippen molar-refractivity contribution in [2.75, 3.05) is 13.7 Å². The second-order valence-corrected chi connectivity index (χ2v) is 4.82. The van der Waals surface area contributed by atoms with Crippen molar-refractivity contribution in [3.05, 3.63) is 29.6 Å². The molecule has 0 aliphatic heterocycles. The number of methoxy groups -OCH3 is 1. The summed E-state index contributed by atoms with van der Waals surface area (Å²) in [4.78, 5) is 0. The van der Waals surface area contributed by atoms with Gasteiger partial charge in [-0.3, -0.25) is 0 Å². The highest BCUT2D eigenvalue weighted by atomic mass is 19.1. The van der Waals surface area contributed by atoms with Crippen LogP contribution in [0.2, 0.25) is 0 Å². The van der Waals surface area contributed by atoms with Crippen molar-refractivity contribution in [3.8, 4) is 5.75 Å². The average Bonchev–Trinajstić information content (AvgIpc) is 2.35. The van der Waals surface area contributed by atoms with Gasteiger partial charge >= 0.3 is 0 Å². The molecular formula is C14H22FNO2. The number of rotatable bonds is 6. The minimum absolute atomic E-state index is 0.00478. The van der Waals surface area contributed by atoms with Crippen LogP contribution in [-0.4, -0.2) is 24.9 Å². The van der Waals surface area contributed by atoms with Crippen molar-refractivity contribution in [3.63, 3.8) is 0 Å². The van der Waals surface area contributed by atoms with Crippen LogP contribution in [0.3, 0.4) is 0 Å². The monoisotopic (exact) mass is 255 g/mol. The van der Waals surface area contributed by atoms with E-state index in [-0.39, 0.29) is 30.3 Å². The van der Waals surface area contributed by atoms with Gasteiger partial charge in [0.15, 0.2) is 11.6 Å².